The lowest BCUT2D eigenvalue weighted by atomic mass is 9.93. The second kappa shape index (κ2) is 1.79. The van der Waals surface area contributed by atoms with E-state index in [2.05, 4.69) is 0 Å². The van der Waals surface area contributed by atoms with Crippen LogP contribution in [0.2, 0.25) is 0 Å². The van der Waals surface area contributed by atoms with E-state index >= 15 is 0 Å². The molecule has 48 valence electrons. The van der Waals surface area contributed by atoms with Gasteiger partial charge in [-0.2, -0.15) is 0 Å². The predicted molar refractivity (Wildman–Crippen MR) is 31.5 cm³/mol. The quantitative estimate of drug-likeness (QED) is 0.499. The average Bonchev–Trinajstić information content (AvgIpc) is 1.60. The molecule has 4 heteroatoms. The van der Waals surface area contributed by atoms with Gasteiger partial charge < -0.3 is 10.3 Å². The smallest absolute Gasteiger partial charge is 0.173 e. The lowest BCUT2D eigenvalue weighted by Gasteiger charge is -2.33. The molecule has 0 aromatic rings. The van der Waals surface area contributed by atoms with Crippen molar-refractivity contribution in [3.05, 3.63) is 0 Å². The minimum atomic E-state index is -1.81. The molecule has 0 aromatic heterocycles. The van der Waals surface area contributed by atoms with E-state index in [0.29, 0.717) is 12.8 Å². The molecule has 8 heavy (non-hydrogen) atoms. The fourth-order valence-electron chi connectivity index (χ4n) is 0.700. The SMILES string of the molecule is NC1(S(=O)O)CCC1. The van der Waals surface area contributed by atoms with E-state index in [1.807, 2.05) is 0 Å². The Morgan fingerprint density at radius 3 is 2.12 bits per heavy atom. The minimum Gasteiger partial charge on any atom is -0.313 e. The first-order valence-electron chi connectivity index (χ1n) is 2.55. The summed E-state index contributed by atoms with van der Waals surface area (Å²) in [6, 6.07) is 0. The van der Waals surface area contributed by atoms with Gasteiger partial charge in [0.25, 0.3) is 0 Å². The summed E-state index contributed by atoms with van der Waals surface area (Å²) in [6.45, 7) is 0. The van der Waals surface area contributed by atoms with E-state index in [1.54, 1.807) is 0 Å². The van der Waals surface area contributed by atoms with Gasteiger partial charge in [0.1, 0.15) is 4.87 Å². The van der Waals surface area contributed by atoms with Gasteiger partial charge in [0.15, 0.2) is 11.1 Å². The molecule has 1 saturated carbocycles. The fraction of sp³-hybridized carbons (Fsp3) is 1.00. The van der Waals surface area contributed by atoms with Crippen LogP contribution in [0.3, 0.4) is 0 Å². The molecule has 0 bridgehead atoms. The van der Waals surface area contributed by atoms with E-state index < -0.39 is 16.0 Å². The van der Waals surface area contributed by atoms with Crippen molar-refractivity contribution in [1.82, 2.24) is 0 Å². The summed E-state index contributed by atoms with van der Waals surface area (Å²) in [4.78, 5) is -0.750. The highest BCUT2D eigenvalue weighted by Gasteiger charge is 2.38. The van der Waals surface area contributed by atoms with Crippen LogP contribution in [0, 0.1) is 0 Å². The Hall–Kier alpha value is 0.0700. The van der Waals surface area contributed by atoms with Crippen molar-refractivity contribution in [3.63, 3.8) is 0 Å². The third kappa shape index (κ3) is 0.788. The number of hydrogen-bond acceptors (Lipinski definition) is 2. The molecule has 1 rings (SSSR count). The number of nitrogens with two attached hydrogens (primary N) is 1. The van der Waals surface area contributed by atoms with Gasteiger partial charge in [-0.15, -0.1) is 0 Å². The van der Waals surface area contributed by atoms with Crippen LogP contribution in [0.4, 0.5) is 0 Å². The maximum atomic E-state index is 10.3. The first-order valence-corrected chi connectivity index (χ1v) is 3.66. The Balaban J connectivity index is 2.53. The van der Waals surface area contributed by atoms with Gasteiger partial charge in [0.05, 0.1) is 0 Å². The molecule has 0 aromatic carbocycles. The van der Waals surface area contributed by atoms with Crippen molar-refractivity contribution < 1.29 is 8.76 Å². The molecule has 3 N–H and O–H groups in total. The summed E-state index contributed by atoms with van der Waals surface area (Å²) >= 11 is -1.81. The van der Waals surface area contributed by atoms with E-state index in [1.165, 1.54) is 0 Å². The minimum absolute atomic E-state index is 0.691. The molecule has 1 aliphatic rings. The molecule has 1 aliphatic carbocycles. The summed E-state index contributed by atoms with van der Waals surface area (Å²) in [6.07, 6.45) is 2.37. The standard InChI is InChI=1S/C4H9NO2S/c5-4(8(6)7)2-1-3-4/h1-3,5H2,(H,6,7). The van der Waals surface area contributed by atoms with Crippen LogP contribution >= 0.6 is 0 Å². The van der Waals surface area contributed by atoms with Gasteiger partial charge in [0, 0.05) is 0 Å². The van der Waals surface area contributed by atoms with E-state index in [-0.39, 0.29) is 0 Å². The highest BCUT2D eigenvalue weighted by Crippen LogP contribution is 2.30. The van der Waals surface area contributed by atoms with E-state index in [9.17, 15) is 4.21 Å². The van der Waals surface area contributed by atoms with Crippen molar-refractivity contribution >= 4 is 11.1 Å². The lowest BCUT2D eigenvalue weighted by molar-refractivity contribution is 0.339. The Morgan fingerprint density at radius 2 is 2.12 bits per heavy atom. The number of hydrogen-bond donors (Lipinski definition) is 2. The second-order valence-electron chi connectivity index (χ2n) is 2.17. The molecule has 0 saturated heterocycles. The molecule has 0 heterocycles. The van der Waals surface area contributed by atoms with E-state index in [0.717, 1.165) is 6.42 Å². The first-order chi connectivity index (χ1) is 3.65. The molecule has 1 atom stereocenters. The second-order valence-corrected chi connectivity index (χ2v) is 3.48. The van der Waals surface area contributed by atoms with Crippen LogP contribution < -0.4 is 5.73 Å². The summed E-state index contributed by atoms with van der Waals surface area (Å²) in [5.74, 6) is 0. The largest absolute Gasteiger partial charge is 0.313 e. The van der Waals surface area contributed by atoms with Crippen LogP contribution in [0.25, 0.3) is 0 Å². The maximum Gasteiger partial charge on any atom is 0.173 e. The zero-order chi connectivity index (χ0) is 6.20. The fourth-order valence-corrected chi connectivity index (χ4v) is 1.34. The number of rotatable bonds is 1. The molecular formula is C4H9NO2S. The highest BCUT2D eigenvalue weighted by atomic mass is 32.2. The van der Waals surface area contributed by atoms with Crippen molar-refractivity contribution in [2.45, 2.75) is 24.1 Å². The van der Waals surface area contributed by atoms with Gasteiger partial charge >= 0.3 is 0 Å². The van der Waals surface area contributed by atoms with Crippen molar-refractivity contribution in [1.29, 1.82) is 0 Å². The zero-order valence-electron chi connectivity index (χ0n) is 4.46. The third-order valence-electron chi connectivity index (χ3n) is 1.55. The molecule has 0 radical (unpaired) electrons. The summed E-state index contributed by atoms with van der Waals surface area (Å²) < 4.78 is 18.8. The molecular weight excluding hydrogens is 126 g/mol. The Kier molecular flexibility index (Phi) is 1.38. The van der Waals surface area contributed by atoms with Gasteiger partial charge in [-0.3, -0.25) is 0 Å². The lowest BCUT2D eigenvalue weighted by Crippen LogP contribution is -2.50. The molecule has 1 fully saturated rings. The van der Waals surface area contributed by atoms with Gasteiger partial charge in [-0.25, -0.2) is 4.21 Å². The van der Waals surface area contributed by atoms with Crippen LogP contribution in [0.5, 0.6) is 0 Å². The van der Waals surface area contributed by atoms with E-state index in [4.69, 9.17) is 10.3 Å². The van der Waals surface area contributed by atoms with Gasteiger partial charge in [0.2, 0.25) is 0 Å². The predicted octanol–water partition coefficient (Wildman–Crippen LogP) is 0.0470. The van der Waals surface area contributed by atoms with Crippen molar-refractivity contribution in [2.24, 2.45) is 5.73 Å². The topological polar surface area (TPSA) is 63.3 Å². The Bertz CT molecular complexity index is 121. The van der Waals surface area contributed by atoms with Gasteiger partial charge in [-0.1, -0.05) is 0 Å². The average molecular weight is 135 g/mol. The van der Waals surface area contributed by atoms with Crippen LogP contribution in [0.1, 0.15) is 19.3 Å². The third-order valence-corrected chi connectivity index (χ3v) is 2.65. The first kappa shape index (κ1) is 6.19. The monoisotopic (exact) mass is 135 g/mol. The molecule has 0 amide bonds. The van der Waals surface area contributed by atoms with Crippen LogP contribution in [-0.4, -0.2) is 13.6 Å². The molecule has 0 aliphatic heterocycles. The maximum absolute atomic E-state index is 10.3. The van der Waals surface area contributed by atoms with Gasteiger partial charge in [-0.05, 0) is 19.3 Å². The normalized spacial score (nSPS) is 28.8. The zero-order valence-corrected chi connectivity index (χ0v) is 5.28. The van der Waals surface area contributed by atoms with Crippen LogP contribution in [-0.2, 0) is 11.1 Å². The molecule has 1 unspecified atom stereocenters. The Labute approximate surface area is 50.5 Å². The van der Waals surface area contributed by atoms with Crippen molar-refractivity contribution in [2.75, 3.05) is 0 Å². The van der Waals surface area contributed by atoms with Crippen molar-refractivity contribution in [3.8, 4) is 0 Å². The Morgan fingerprint density at radius 1 is 1.62 bits per heavy atom. The highest BCUT2D eigenvalue weighted by molar-refractivity contribution is 7.80. The molecule has 0 spiro atoms. The summed E-state index contributed by atoms with van der Waals surface area (Å²) in [5.41, 5.74) is 5.40. The summed E-state index contributed by atoms with van der Waals surface area (Å²) in [7, 11) is 0. The summed E-state index contributed by atoms with van der Waals surface area (Å²) in [5, 5.41) is 0. The van der Waals surface area contributed by atoms with Crippen LogP contribution in [0.15, 0.2) is 0 Å². The molecule has 3 nitrogen and oxygen atoms in total.